The number of H-pyrrole nitrogens is 1. The van der Waals surface area contributed by atoms with Crippen molar-refractivity contribution in [2.45, 2.75) is 63.2 Å². The van der Waals surface area contributed by atoms with E-state index in [1.165, 1.54) is 12.1 Å². The van der Waals surface area contributed by atoms with Gasteiger partial charge in [0.25, 0.3) is 0 Å². The normalized spacial score (nSPS) is 22.7. The molecule has 9 heteroatoms. The molecule has 2 saturated carbocycles. The van der Waals surface area contributed by atoms with Crippen molar-refractivity contribution < 1.29 is 23.4 Å². The maximum atomic E-state index is 14.9. The molecule has 1 aromatic heterocycles. The van der Waals surface area contributed by atoms with Crippen LogP contribution in [0, 0.1) is 17.6 Å². The van der Waals surface area contributed by atoms with Crippen LogP contribution in [0.3, 0.4) is 0 Å². The van der Waals surface area contributed by atoms with Crippen molar-refractivity contribution in [1.82, 2.24) is 10.2 Å². The molecule has 1 saturated heterocycles. The summed E-state index contributed by atoms with van der Waals surface area (Å²) in [4.78, 5) is 12.9. The van der Waals surface area contributed by atoms with Crippen molar-refractivity contribution >= 4 is 23.3 Å². The number of hydrogen-bond acceptors (Lipinski definition) is 4. The summed E-state index contributed by atoms with van der Waals surface area (Å²) in [6.07, 6.45) is 4.19. The molecule has 2 heterocycles. The summed E-state index contributed by atoms with van der Waals surface area (Å²) >= 11 is 6.33. The van der Waals surface area contributed by atoms with Gasteiger partial charge in [-0.15, -0.1) is 0 Å². The summed E-state index contributed by atoms with van der Waals surface area (Å²) in [5.41, 5.74) is 4.05. The summed E-state index contributed by atoms with van der Waals surface area (Å²) in [6, 6.07) is 9.91. The Morgan fingerprint density at radius 1 is 1.19 bits per heavy atom. The number of carboxylic acid groups (broad SMARTS) is 1. The van der Waals surface area contributed by atoms with Crippen molar-refractivity contribution in [3.8, 4) is 11.3 Å². The van der Waals surface area contributed by atoms with Crippen LogP contribution in [0.1, 0.15) is 54.8 Å². The number of fused-ring (bicyclic) bond motifs is 2. The largest absolute Gasteiger partial charge is 0.481 e. The fraction of sp³-hybridized carbons (Fsp3) is 0.429. The maximum Gasteiger partial charge on any atom is 0.303 e. The number of carbonyl (C=O) groups is 1. The molecule has 37 heavy (non-hydrogen) atoms. The van der Waals surface area contributed by atoms with E-state index < -0.39 is 5.97 Å². The van der Waals surface area contributed by atoms with Crippen molar-refractivity contribution in [2.24, 2.45) is 5.92 Å². The van der Waals surface area contributed by atoms with Gasteiger partial charge in [-0.25, -0.2) is 8.78 Å². The number of anilines is 1. The highest BCUT2D eigenvalue weighted by Crippen LogP contribution is 2.48. The van der Waals surface area contributed by atoms with Crippen LogP contribution in [-0.2, 0) is 22.6 Å². The molecule has 1 aliphatic heterocycles. The third kappa shape index (κ3) is 4.73. The quantitative estimate of drug-likeness (QED) is 0.352. The van der Waals surface area contributed by atoms with Gasteiger partial charge in [0.05, 0.1) is 34.7 Å². The van der Waals surface area contributed by atoms with Gasteiger partial charge in [0.15, 0.2) is 0 Å². The number of hydrogen-bond donors (Lipinski definition) is 2. The van der Waals surface area contributed by atoms with E-state index in [-0.39, 0.29) is 30.2 Å². The number of halogens is 3. The molecule has 3 fully saturated rings. The van der Waals surface area contributed by atoms with E-state index in [9.17, 15) is 13.6 Å². The smallest absolute Gasteiger partial charge is 0.303 e. The van der Waals surface area contributed by atoms with E-state index in [0.29, 0.717) is 52.4 Å². The zero-order valence-corrected chi connectivity index (χ0v) is 21.0. The third-order valence-electron chi connectivity index (χ3n) is 7.94. The zero-order chi connectivity index (χ0) is 25.7. The first-order chi connectivity index (χ1) is 17.9. The SMILES string of the molecule is O=C(O)CCc1ccc(N2C[C@@H]3C[C@H]2C[C@H]3OCc2[nH]nc(-c3c(F)cccc3Cl)c2C2CC2)c(F)c1. The lowest BCUT2D eigenvalue weighted by molar-refractivity contribution is -0.136. The molecular formula is C28H28ClF2N3O3. The van der Waals surface area contributed by atoms with E-state index in [4.69, 9.17) is 21.4 Å². The molecular weight excluding hydrogens is 500 g/mol. The second-order valence-electron chi connectivity index (χ2n) is 10.4. The van der Waals surface area contributed by atoms with Crippen LogP contribution in [0.25, 0.3) is 11.3 Å². The standard InChI is InChI=1S/C28H28ClF2N3O3/c29-19-2-1-3-20(30)27(19)28-26(16-6-7-16)22(32-33-28)14-37-24-12-18-11-17(24)13-34(18)23-8-4-15(10-21(23)31)5-9-25(35)36/h1-4,8,10,16-18,24H,5-7,9,11-14H2,(H,32,33)(H,35,36)/t17-,18-,24+/m0/s1. The van der Waals surface area contributed by atoms with Crippen LogP contribution in [0.2, 0.25) is 5.02 Å². The summed E-state index contributed by atoms with van der Waals surface area (Å²) in [7, 11) is 0. The van der Waals surface area contributed by atoms with E-state index in [1.807, 2.05) is 6.07 Å². The number of aromatic nitrogens is 2. The van der Waals surface area contributed by atoms with Crippen molar-refractivity contribution in [2.75, 3.05) is 11.4 Å². The van der Waals surface area contributed by atoms with Gasteiger partial charge in [-0.1, -0.05) is 23.7 Å². The number of piperidine rings is 1. The molecule has 6 nitrogen and oxygen atoms in total. The minimum atomic E-state index is -0.890. The van der Waals surface area contributed by atoms with Gasteiger partial charge in [0, 0.05) is 30.5 Å². The van der Waals surface area contributed by atoms with Crippen LogP contribution in [-0.4, -0.2) is 40.0 Å². The number of aryl methyl sites for hydroxylation is 1. The maximum absolute atomic E-state index is 14.9. The average molecular weight is 528 g/mol. The minimum Gasteiger partial charge on any atom is -0.481 e. The fourth-order valence-electron chi connectivity index (χ4n) is 6.01. The van der Waals surface area contributed by atoms with E-state index in [2.05, 4.69) is 15.1 Å². The first-order valence-corrected chi connectivity index (χ1v) is 13.2. The number of carboxylic acids is 1. The number of rotatable bonds is 9. The number of aromatic amines is 1. The van der Waals surface area contributed by atoms with Crippen molar-refractivity contribution in [1.29, 1.82) is 0 Å². The summed E-state index contributed by atoms with van der Waals surface area (Å²) < 4.78 is 35.9. The topological polar surface area (TPSA) is 78.5 Å². The number of nitrogens with zero attached hydrogens (tertiary/aromatic N) is 2. The number of benzene rings is 2. The zero-order valence-electron chi connectivity index (χ0n) is 20.2. The third-order valence-corrected chi connectivity index (χ3v) is 8.25. The Morgan fingerprint density at radius 3 is 2.70 bits per heavy atom. The summed E-state index contributed by atoms with van der Waals surface area (Å²) in [6.45, 7) is 1.08. The molecule has 0 spiro atoms. The Hall–Kier alpha value is -2.97. The van der Waals surface area contributed by atoms with Crippen molar-refractivity contribution in [3.63, 3.8) is 0 Å². The lowest BCUT2D eigenvalue weighted by Gasteiger charge is -2.33. The second kappa shape index (κ2) is 9.72. The molecule has 2 bridgehead atoms. The molecule has 3 aromatic rings. The van der Waals surface area contributed by atoms with Gasteiger partial charge in [-0.2, -0.15) is 5.10 Å². The molecule has 3 aliphatic rings. The first-order valence-electron chi connectivity index (χ1n) is 12.8. The Labute approximate surface area is 218 Å². The molecule has 6 rings (SSSR count). The van der Waals surface area contributed by atoms with Crippen LogP contribution in [0.4, 0.5) is 14.5 Å². The van der Waals surface area contributed by atoms with Gasteiger partial charge < -0.3 is 14.7 Å². The fourth-order valence-corrected chi connectivity index (χ4v) is 6.26. The molecule has 0 amide bonds. The minimum absolute atomic E-state index is 0.0141. The van der Waals surface area contributed by atoms with Crippen LogP contribution in [0.15, 0.2) is 36.4 Å². The molecule has 0 unspecified atom stereocenters. The predicted octanol–water partition coefficient (Wildman–Crippen LogP) is 6.09. The second-order valence-corrected chi connectivity index (χ2v) is 10.8. The lowest BCUT2D eigenvalue weighted by atomic mass is 10.0. The van der Waals surface area contributed by atoms with Crippen LogP contribution >= 0.6 is 11.6 Å². The highest BCUT2D eigenvalue weighted by Gasteiger charge is 2.46. The Balaban J connectivity index is 1.12. The molecule has 0 radical (unpaired) electrons. The summed E-state index contributed by atoms with van der Waals surface area (Å²) in [5.74, 6) is -0.953. The average Bonchev–Trinajstić information content (AvgIpc) is 3.31. The van der Waals surface area contributed by atoms with Gasteiger partial charge in [0.2, 0.25) is 0 Å². The highest BCUT2D eigenvalue weighted by atomic mass is 35.5. The molecule has 2 aliphatic carbocycles. The van der Waals surface area contributed by atoms with E-state index in [1.54, 1.807) is 18.2 Å². The first kappa shape index (κ1) is 24.4. The molecule has 3 atom stereocenters. The van der Waals surface area contributed by atoms with Gasteiger partial charge in [-0.05, 0) is 67.9 Å². The monoisotopic (exact) mass is 527 g/mol. The van der Waals surface area contributed by atoms with E-state index >= 15 is 0 Å². The number of ether oxygens (including phenoxy) is 1. The molecule has 2 N–H and O–H groups in total. The van der Waals surface area contributed by atoms with Crippen LogP contribution < -0.4 is 4.90 Å². The number of aliphatic carboxylic acids is 1. The van der Waals surface area contributed by atoms with Gasteiger partial charge in [-0.3, -0.25) is 9.89 Å². The van der Waals surface area contributed by atoms with Crippen LogP contribution in [0.5, 0.6) is 0 Å². The van der Waals surface area contributed by atoms with E-state index in [0.717, 1.165) is 43.5 Å². The number of nitrogens with one attached hydrogen (secondary N) is 1. The van der Waals surface area contributed by atoms with Crippen molar-refractivity contribution in [3.05, 3.63) is 69.9 Å². The predicted molar refractivity (Wildman–Crippen MR) is 136 cm³/mol. The molecule has 194 valence electrons. The van der Waals surface area contributed by atoms with Gasteiger partial charge in [0.1, 0.15) is 17.3 Å². The summed E-state index contributed by atoms with van der Waals surface area (Å²) in [5, 5.41) is 16.7. The lowest BCUT2D eigenvalue weighted by Crippen LogP contribution is -2.39. The highest BCUT2D eigenvalue weighted by molar-refractivity contribution is 6.33. The van der Waals surface area contributed by atoms with Gasteiger partial charge >= 0.3 is 5.97 Å². The Bertz CT molecular complexity index is 1320. The molecule has 2 aromatic carbocycles. The Kier molecular flexibility index (Phi) is 6.41. The Morgan fingerprint density at radius 2 is 2.03 bits per heavy atom.